The molecule has 1 heterocycles. The number of nitrogens with zero attached hydrogens (tertiary/aromatic N) is 1. The van der Waals surface area contributed by atoms with Crippen LogP contribution in [0.2, 0.25) is 5.02 Å². The van der Waals surface area contributed by atoms with Crippen molar-refractivity contribution < 1.29 is 13.0 Å². The van der Waals surface area contributed by atoms with Gasteiger partial charge in [-0.3, -0.25) is 9.54 Å². The fourth-order valence-corrected chi connectivity index (χ4v) is 2.51. The minimum absolute atomic E-state index is 0.175. The van der Waals surface area contributed by atoms with Gasteiger partial charge >= 0.3 is 10.3 Å². The molecule has 8 heteroatoms. The summed E-state index contributed by atoms with van der Waals surface area (Å²) in [4.78, 5) is 4.08. The van der Waals surface area contributed by atoms with Crippen LogP contribution in [0.4, 0.5) is 0 Å². The molecule has 0 aromatic carbocycles. The molecule has 1 aromatic rings. The van der Waals surface area contributed by atoms with E-state index in [-0.39, 0.29) is 6.54 Å². The Morgan fingerprint density at radius 1 is 1.56 bits per heavy atom. The SMILES string of the molecule is O=S(=O)(O)NCCSCc1ncccc1Cl. The average Bonchev–Trinajstić information content (AvgIpc) is 2.18. The lowest BCUT2D eigenvalue weighted by atomic mass is 10.4. The number of halogens is 1. The Hall–Kier alpha value is -0.340. The Morgan fingerprint density at radius 2 is 2.31 bits per heavy atom. The minimum Gasteiger partial charge on any atom is -0.273 e. The lowest BCUT2D eigenvalue weighted by Crippen LogP contribution is -2.24. The van der Waals surface area contributed by atoms with Gasteiger partial charge in [0.2, 0.25) is 0 Å². The molecule has 0 fully saturated rings. The van der Waals surface area contributed by atoms with E-state index in [1.165, 1.54) is 11.8 Å². The second kappa shape index (κ2) is 6.41. The Kier molecular flexibility index (Phi) is 5.50. The molecule has 0 aliphatic rings. The van der Waals surface area contributed by atoms with Crippen LogP contribution < -0.4 is 4.72 Å². The molecule has 1 rings (SSSR count). The number of aromatic nitrogens is 1. The van der Waals surface area contributed by atoms with Crippen LogP contribution in [0.25, 0.3) is 0 Å². The highest BCUT2D eigenvalue weighted by molar-refractivity contribution is 7.98. The van der Waals surface area contributed by atoms with Crippen molar-refractivity contribution in [3.63, 3.8) is 0 Å². The zero-order chi connectivity index (χ0) is 12.0. The monoisotopic (exact) mass is 282 g/mol. The topological polar surface area (TPSA) is 79.3 Å². The Balaban J connectivity index is 2.24. The Morgan fingerprint density at radius 3 is 2.94 bits per heavy atom. The van der Waals surface area contributed by atoms with Gasteiger partial charge in [0.15, 0.2) is 0 Å². The van der Waals surface area contributed by atoms with Crippen LogP contribution in [0.15, 0.2) is 18.3 Å². The highest BCUT2D eigenvalue weighted by Crippen LogP contribution is 2.17. The summed E-state index contributed by atoms with van der Waals surface area (Å²) in [5.74, 6) is 1.14. The first-order valence-corrected chi connectivity index (χ1v) is 7.35. The van der Waals surface area contributed by atoms with Gasteiger partial charge in [-0.05, 0) is 12.1 Å². The smallest absolute Gasteiger partial charge is 0.273 e. The van der Waals surface area contributed by atoms with E-state index in [9.17, 15) is 8.42 Å². The standard InChI is InChI=1S/C8H11ClN2O3S2/c9-7-2-1-3-10-8(7)6-15-5-4-11-16(12,13)14/h1-3,11H,4-6H2,(H,12,13,14). The summed E-state index contributed by atoms with van der Waals surface area (Å²) in [6, 6.07) is 3.50. The predicted molar refractivity (Wildman–Crippen MR) is 65.0 cm³/mol. The summed E-state index contributed by atoms with van der Waals surface area (Å²) in [5.41, 5.74) is 0.765. The van der Waals surface area contributed by atoms with Gasteiger partial charge in [0.05, 0.1) is 10.7 Å². The fourth-order valence-electron chi connectivity index (χ4n) is 0.936. The molecule has 0 aliphatic heterocycles. The molecule has 2 N–H and O–H groups in total. The van der Waals surface area contributed by atoms with Gasteiger partial charge in [-0.1, -0.05) is 11.6 Å². The highest BCUT2D eigenvalue weighted by Gasteiger charge is 2.03. The second-order valence-corrected chi connectivity index (χ2v) is 5.61. The van der Waals surface area contributed by atoms with Crippen molar-refractivity contribution in [1.29, 1.82) is 0 Å². The van der Waals surface area contributed by atoms with E-state index in [0.717, 1.165) is 5.69 Å². The van der Waals surface area contributed by atoms with Crippen LogP contribution >= 0.6 is 23.4 Å². The largest absolute Gasteiger partial charge is 0.333 e. The molecule has 0 amide bonds. The number of pyridine rings is 1. The molecule has 90 valence electrons. The molecule has 16 heavy (non-hydrogen) atoms. The van der Waals surface area contributed by atoms with Gasteiger partial charge in [0.25, 0.3) is 0 Å². The second-order valence-electron chi connectivity index (χ2n) is 2.85. The molecule has 0 spiro atoms. The van der Waals surface area contributed by atoms with E-state index in [0.29, 0.717) is 16.5 Å². The third-order valence-corrected chi connectivity index (χ3v) is 3.49. The summed E-state index contributed by atoms with van der Waals surface area (Å²) in [6.45, 7) is 0.175. The summed E-state index contributed by atoms with van der Waals surface area (Å²) in [7, 11) is -4.08. The fraction of sp³-hybridized carbons (Fsp3) is 0.375. The van der Waals surface area contributed by atoms with Crippen LogP contribution in [-0.2, 0) is 16.1 Å². The van der Waals surface area contributed by atoms with Gasteiger partial charge in [0.1, 0.15) is 0 Å². The first-order valence-electron chi connectivity index (χ1n) is 4.38. The number of nitrogens with one attached hydrogen (secondary N) is 1. The lowest BCUT2D eigenvalue weighted by molar-refractivity contribution is 0.470. The molecule has 5 nitrogen and oxygen atoms in total. The normalized spacial score (nSPS) is 11.6. The van der Waals surface area contributed by atoms with Gasteiger partial charge < -0.3 is 0 Å². The molecule has 0 aliphatic carbocycles. The van der Waals surface area contributed by atoms with Gasteiger partial charge in [-0.15, -0.1) is 0 Å². The zero-order valence-corrected chi connectivity index (χ0v) is 10.6. The van der Waals surface area contributed by atoms with Crippen molar-refractivity contribution in [2.24, 2.45) is 0 Å². The van der Waals surface area contributed by atoms with E-state index in [1.807, 2.05) is 4.72 Å². The summed E-state index contributed by atoms with van der Waals surface area (Å²) in [6.07, 6.45) is 1.65. The molecule has 0 atom stereocenters. The van der Waals surface area contributed by atoms with Crippen LogP contribution in [0.1, 0.15) is 5.69 Å². The summed E-state index contributed by atoms with van der Waals surface area (Å²) in [5, 5.41) is 0.595. The van der Waals surface area contributed by atoms with Crippen molar-refractivity contribution in [2.75, 3.05) is 12.3 Å². The van der Waals surface area contributed by atoms with Crippen molar-refractivity contribution in [1.82, 2.24) is 9.71 Å². The highest BCUT2D eigenvalue weighted by atomic mass is 35.5. The zero-order valence-electron chi connectivity index (χ0n) is 8.26. The van der Waals surface area contributed by atoms with Crippen molar-refractivity contribution >= 4 is 33.7 Å². The van der Waals surface area contributed by atoms with E-state index in [1.54, 1.807) is 18.3 Å². The molecule has 0 saturated carbocycles. The maximum atomic E-state index is 10.3. The number of hydrogen-bond donors (Lipinski definition) is 2. The van der Waals surface area contributed by atoms with Gasteiger partial charge in [0, 0.05) is 24.2 Å². The van der Waals surface area contributed by atoms with E-state index < -0.39 is 10.3 Å². The third kappa shape index (κ3) is 5.66. The average molecular weight is 283 g/mol. The maximum Gasteiger partial charge on any atom is 0.333 e. The van der Waals surface area contributed by atoms with Crippen LogP contribution in [0.3, 0.4) is 0 Å². The molecular formula is C8H11ClN2O3S2. The lowest BCUT2D eigenvalue weighted by Gasteiger charge is -2.03. The Labute approximate surface area is 103 Å². The first kappa shape index (κ1) is 13.7. The number of rotatable bonds is 6. The number of thioether (sulfide) groups is 1. The molecule has 0 saturated heterocycles. The molecule has 0 radical (unpaired) electrons. The van der Waals surface area contributed by atoms with Crippen molar-refractivity contribution in [3.05, 3.63) is 29.0 Å². The maximum absolute atomic E-state index is 10.3. The predicted octanol–water partition coefficient (Wildman–Crippen LogP) is 1.36. The van der Waals surface area contributed by atoms with Gasteiger partial charge in [-0.25, -0.2) is 0 Å². The third-order valence-electron chi connectivity index (χ3n) is 1.60. The summed E-state index contributed by atoms with van der Waals surface area (Å²) < 4.78 is 31.0. The quantitative estimate of drug-likeness (QED) is 0.608. The molecule has 1 aromatic heterocycles. The first-order chi connectivity index (χ1) is 7.49. The van der Waals surface area contributed by atoms with Crippen LogP contribution in [0.5, 0.6) is 0 Å². The van der Waals surface area contributed by atoms with Crippen molar-refractivity contribution in [3.8, 4) is 0 Å². The molecule has 0 unspecified atom stereocenters. The van der Waals surface area contributed by atoms with Crippen LogP contribution in [-0.4, -0.2) is 30.3 Å². The number of hydrogen-bond acceptors (Lipinski definition) is 4. The van der Waals surface area contributed by atoms with E-state index in [2.05, 4.69) is 4.98 Å². The molecule has 0 bridgehead atoms. The van der Waals surface area contributed by atoms with Crippen LogP contribution in [0, 0.1) is 0 Å². The Bertz CT molecular complexity index is 439. The summed E-state index contributed by atoms with van der Waals surface area (Å²) >= 11 is 7.36. The van der Waals surface area contributed by atoms with Gasteiger partial charge in [-0.2, -0.15) is 24.9 Å². The van der Waals surface area contributed by atoms with Crippen molar-refractivity contribution in [2.45, 2.75) is 5.75 Å². The minimum atomic E-state index is -4.08. The van der Waals surface area contributed by atoms with E-state index in [4.69, 9.17) is 16.2 Å². The van der Waals surface area contributed by atoms with E-state index >= 15 is 0 Å². The molecular weight excluding hydrogens is 272 g/mol.